The summed E-state index contributed by atoms with van der Waals surface area (Å²) in [6.45, 7) is 2.34. The number of hydrogen-bond donors (Lipinski definition) is 1. The fourth-order valence-corrected chi connectivity index (χ4v) is 8.08. The predicted octanol–water partition coefficient (Wildman–Crippen LogP) is 13.0. The Kier molecular flexibility index (Phi) is 9.53. The number of fused-ring (bicyclic) bond motifs is 4. The summed E-state index contributed by atoms with van der Waals surface area (Å²) in [5.74, 6) is 0. The van der Waals surface area contributed by atoms with E-state index in [0.717, 1.165) is 16.8 Å². The summed E-state index contributed by atoms with van der Waals surface area (Å²) >= 11 is 1.85. The molecule has 52 heavy (non-hydrogen) atoms. The van der Waals surface area contributed by atoms with Crippen LogP contribution < -0.4 is 5.73 Å². The minimum Gasteiger partial charge on any atom is -0.312 e. The average molecular weight is 687 g/mol. The van der Waals surface area contributed by atoms with E-state index < -0.39 is 0 Å². The third-order valence-electron chi connectivity index (χ3n) is 9.52. The van der Waals surface area contributed by atoms with Gasteiger partial charge in [0.25, 0.3) is 0 Å². The third-order valence-corrected chi connectivity index (χ3v) is 10.7. The number of aliphatic imine (C=N–C) groups is 1. The number of thiophene rings is 1. The van der Waals surface area contributed by atoms with Crippen LogP contribution in [-0.4, -0.2) is 12.4 Å². The Bertz CT molecular complexity index is 2650. The van der Waals surface area contributed by atoms with E-state index in [9.17, 15) is 0 Å². The summed E-state index contributed by atoms with van der Waals surface area (Å²) in [6.07, 6.45) is 0. The Labute approximate surface area is 309 Å². The Morgan fingerprint density at radius 2 is 1.08 bits per heavy atom. The largest absolute Gasteiger partial charge is 0.312 e. The van der Waals surface area contributed by atoms with Crippen LogP contribution in [0.1, 0.15) is 16.7 Å². The molecule has 0 aliphatic carbocycles. The van der Waals surface area contributed by atoms with E-state index >= 15 is 0 Å². The van der Waals surface area contributed by atoms with Gasteiger partial charge in [0.05, 0.1) is 12.4 Å². The number of aryl methyl sites for hydroxylation is 1. The highest BCUT2D eigenvalue weighted by Gasteiger charge is 2.14. The lowest BCUT2D eigenvalue weighted by atomic mass is 9.93. The van der Waals surface area contributed by atoms with Crippen molar-refractivity contribution in [2.75, 3.05) is 6.67 Å². The van der Waals surface area contributed by atoms with Crippen molar-refractivity contribution in [2.24, 2.45) is 10.7 Å². The molecule has 0 bridgehead atoms. The van der Waals surface area contributed by atoms with Gasteiger partial charge in [-0.1, -0.05) is 175 Å². The SMILES string of the molecule is Cc1ccc(-c2ccccc2)cc1.NC/N=C(\c1ccc(-c2cccc3ccccc23)cc1)c1cccc(-c2cccc3sc4ccccc4c23)c1. The van der Waals surface area contributed by atoms with Gasteiger partial charge in [-0.25, -0.2) is 0 Å². The Morgan fingerprint density at radius 3 is 1.88 bits per heavy atom. The molecule has 1 heterocycles. The highest BCUT2D eigenvalue weighted by atomic mass is 32.1. The van der Waals surface area contributed by atoms with E-state index in [1.807, 2.05) is 17.4 Å². The molecule has 0 spiro atoms. The van der Waals surface area contributed by atoms with Crippen molar-refractivity contribution in [3.8, 4) is 33.4 Å². The average Bonchev–Trinajstić information content (AvgIpc) is 3.60. The van der Waals surface area contributed by atoms with Gasteiger partial charge in [-0.15, -0.1) is 11.3 Å². The number of benzene rings is 8. The van der Waals surface area contributed by atoms with Gasteiger partial charge in [0.2, 0.25) is 0 Å². The van der Waals surface area contributed by atoms with Crippen molar-refractivity contribution in [1.82, 2.24) is 0 Å². The summed E-state index contributed by atoms with van der Waals surface area (Å²) in [7, 11) is 0. The number of nitrogens with two attached hydrogens (primary N) is 1. The van der Waals surface area contributed by atoms with Gasteiger partial charge in [-0.2, -0.15) is 0 Å². The molecule has 1 aromatic heterocycles. The maximum absolute atomic E-state index is 5.97. The zero-order valence-electron chi connectivity index (χ0n) is 29.0. The van der Waals surface area contributed by atoms with Crippen LogP contribution in [0.25, 0.3) is 64.3 Å². The second kappa shape index (κ2) is 15.0. The van der Waals surface area contributed by atoms with Crippen molar-refractivity contribution in [1.29, 1.82) is 0 Å². The minimum atomic E-state index is 0.232. The zero-order valence-corrected chi connectivity index (χ0v) is 29.9. The summed E-state index contributed by atoms with van der Waals surface area (Å²) in [4.78, 5) is 4.75. The number of hydrogen-bond acceptors (Lipinski definition) is 3. The Hall–Kier alpha value is -6.13. The van der Waals surface area contributed by atoms with Gasteiger partial charge in [-0.3, -0.25) is 4.99 Å². The molecule has 0 unspecified atom stereocenters. The van der Waals surface area contributed by atoms with E-state index in [4.69, 9.17) is 10.7 Å². The topological polar surface area (TPSA) is 38.4 Å². The van der Waals surface area contributed by atoms with Crippen molar-refractivity contribution >= 4 is 48.0 Å². The second-order valence-corrected chi connectivity index (χ2v) is 14.0. The molecule has 0 fully saturated rings. The Balaban J connectivity index is 0.000000250. The number of nitrogens with zero attached hydrogens (tertiary/aromatic N) is 1. The van der Waals surface area contributed by atoms with E-state index in [2.05, 4.69) is 189 Å². The van der Waals surface area contributed by atoms with Crippen molar-refractivity contribution in [3.05, 3.63) is 205 Å². The lowest BCUT2D eigenvalue weighted by Gasteiger charge is -2.12. The fraction of sp³-hybridized carbons (Fsp3) is 0.0408. The quantitative estimate of drug-likeness (QED) is 0.174. The molecular weight excluding hydrogens is 649 g/mol. The molecule has 0 radical (unpaired) electrons. The third kappa shape index (κ3) is 6.80. The normalized spacial score (nSPS) is 11.5. The van der Waals surface area contributed by atoms with Crippen molar-refractivity contribution in [2.45, 2.75) is 6.92 Å². The molecule has 9 aromatic rings. The highest BCUT2D eigenvalue weighted by molar-refractivity contribution is 7.25. The van der Waals surface area contributed by atoms with Crippen molar-refractivity contribution in [3.63, 3.8) is 0 Å². The first-order chi connectivity index (χ1) is 25.7. The molecule has 0 aliphatic heterocycles. The summed E-state index contributed by atoms with van der Waals surface area (Å²) < 4.78 is 2.62. The summed E-state index contributed by atoms with van der Waals surface area (Å²) in [6, 6.07) is 66.6. The van der Waals surface area contributed by atoms with Gasteiger partial charge < -0.3 is 5.73 Å². The van der Waals surface area contributed by atoms with Crippen LogP contribution in [0.15, 0.2) is 193 Å². The van der Waals surface area contributed by atoms with Crippen LogP contribution in [0, 0.1) is 6.92 Å². The van der Waals surface area contributed by atoms with E-state index in [-0.39, 0.29) is 6.67 Å². The first kappa shape index (κ1) is 33.0. The van der Waals surface area contributed by atoms with Gasteiger partial charge in [0.15, 0.2) is 0 Å². The minimum absolute atomic E-state index is 0.232. The lowest BCUT2D eigenvalue weighted by molar-refractivity contribution is 1.07. The van der Waals surface area contributed by atoms with Gasteiger partial charge in [0, 0.05) is 31.3 Å². The zero-order chi connectivity index (χ0) is 35.3. The molecule has 0 saturated carbocycles. The molecular formula is C49H38N2S. The fourth-order valence-electron chi connectivity index (χ4n) is 6.95. The first-order valence-electron chi connectivity index (χ1n) is 17.6. The van der Waals surface area contributed by atoms with Crippen LogP contribution in [-0.2, 0) is 0 Å². The van der Waals surface area contributed by atoms with Crippen LogP contribution in [0.5, 0.6) is 0 Å². The summed E-state index contributed by atoms with van der Waals surface area (Å²) in [5, 5.41) is 5.12. The molecule has 0 aliphatic rings. The van der Waals surface area contributed by atoms with Crippen LogP contribution in [0.2, 0.25) is 0 Å². The first-order valence-corrected chi connectivity index (χ1v) is 18.4. The van der Waals surface area contributed by atoms with Crippen molar-refractivity contribution < 1.29 is 0 Å². The monoisotopic (exact) mass is 686 g/mol. The molecule has 2 nitrogen and oxygen atoms in total. The molecule has 0 atom stereocenters. The smallest absolute Gasteiger partial charge is 0.0867 e. The molecule has 9 rings (SSSR count). The van der Waals surface area contributed by atoms with Crippen LogP contribution in [0.4, 0.5) is 0 Å². The highest BCUT2D eigenvalue weighted by Crippen LogP contribution is 2.40. The molecule has 2 N–H and O–H groups in total. The van der Waals surface area contributed by atoms with Gasteiger partial charge in [-0.05, 0) is 69.3 Å². The standard InChI is InChI=1S/C36H26N2S.C13H12/c37-23-38-36(26-20-18-25(19-21-26)30-14-6-9-24-8-1-2-12-29(24)30)28-11-5-10-27(22-28)31-15-7-17-34-35(31)32-13-3-4-16-33(32)39-34;1-11-7-9-13(10-8-11)12-5-3-2-4-6-12/h1-22H,23,37H2;2-10H,1H3/b38-36+;. The van der Waals surface area contributed by atoms with Crippen LogP contribution >= 0.6 is 11.3 Å². The Morgan fingerprint density at radius 1 is 0.481 bits per heavy atom. The molecule has 0 saturated heterocycles. The number of rotatable bonds is 6. The van der Waals surface area contributed by atoms with Crippen LogP contribution in [0.3, 0.4) is 0 Å². The lowest BCUT2D eigenvalue weighted by Crippen LogP contribution is -2.08. The molecule has 3 heteroatoms. The predicted molar refractivity (Wildman–Crippen MR) is 225 cm³/mol. The van der Waals surface area contributed by atoms with E-state index in [0.29, 0.717) is 0 Å². The second-order valence-electron chi connectivity index (χ2n) is 12.9. The van der Waals surface area contributed by atoms with Gasteiger partial charge >= 0.3 is 0 Å². The van der Waals surface area contributed by atoms with Gasteiger partial charge in [0.1, 0.15) is 0 Å². The summed E-state index contributed by atoms with van der Waals surface area (Å²) in [5.41, 5.74) is 17.7. The molecule has 0 amide bonds. The maximum atomic E-state index is 5.97. The van der Waals surface area contributed by atoms with E-state index in [1.54, 1.807) is 0 Å². The van der Waals surface area contributed by atoms with E-state index in [1.165, 1.54) is 69.9 Å². The molecule has 250 valence electrons. The molecule has 8 aromatic carbocycles. The maximum Gasteiger partial charge on any atom is 0.0867 e.